The molecule has 7 nitrogen and oxygen atoms in total. The molecule has 1 aliphatic heterocycles. The number of hydrogen-bond acceptors (Lipinski definition) is 5. The predicted molar refractivity (Wildman–Crippen MR) is 137 cm³/mol. The molecule has 0 radical (unpaired) electrons. The molecule has 0 aromatic heterocycles. The van der Waals surface area contributed by atoms with Crippen LogP contribution in [0.5, 0.6) is 5.75 Å². The number of carbonyl (C=O) groups is 1. The van der Waals surface area contributed by atoms with E-state index in [1.54, 1.807) is 41.7 Å². The minimum atomic E-state index is -3.47. The van der Waals surface area contributed by atoms with E-state index in [-0.39, 0.29) is 5.91 Å². The second-order valence-electron chi connectivity index (χ2n) is 8.55. The lowest BCUT2D eigenvalue weighted by Gasteiger charge is -2.26. The molecule has 1 fully saturated rings. The first-order valence-electron chi connectivity index (χ1n) is 11.8. The van der Waals surface area contributed by atoms with Crippen molar-refractivity contribution in [2.45, 2.75) is 36.7 Å². The lowest BCUT2D eigenvalue weighted by Crippen LogP contribution is -2.35. The van der Waals surface area contributed by atoms with Crippen LogP contribution in [-0.2, 0) is 21.4 Å². The Hall–Kier alpha value is -3.20. The molecule has 1 saturated heterocycles. The van der Waals surface area contributed by atoms with E-state index in [0.29, 0.717) is 36.0 Å². The van der Waals surface area contributed by atoms with Gasteiger partial charge < -0.3 is 10.1 Å². The van der Waals surface area contributed by atoms with E-state index in [0.717, 1.165) is 30.4 Å². The minimum Gasteiger partial charge on any atom is -0.497 e. The smallest absolute Gasteiger partial charge is 0.246 e. The molecule has 0 unspecified atom stereocenters. The van der Waals surface area contributed by atoms with Gasteiger partial charge in [0.25, 0.3) is 0 Å². The quantitative estimate of drug-likeness (QED) is 0.463. The van der Waals surface area contributed by atoms with Gasteiger partial charge in [-0.15, -0.1) is 0 Å². The number of anilines is 1. The minimum absolute atomic E-state index is 0.200. The Morgan fingerprint density at radius 3 is 2.34 bits per heavy atom. The number of sulfonamides is 1. The van der Waals surface area contributed by atoms with Crippen molar-refractivity contribution in [3.05, 3.63) is 90.0 Å². The van der Waals surface area contributed by atoms with Crippen LogP contribution in [0.1, 0.15) is 36.4 Å². The highest BCUT2D eigenvalue weighted by Gasteiger charge is 2.26. The topological polar surface area (TPSA) is 87.7 Å². The molecule has 0 bridgehead atoms. The third-order valence-electron chi connectivity index (χ3n) is 6.12. The summed E-state index contributed by atoms with van der Waals surface area (Å²) >= 11 is 0. The second kappa shape index (κ2) is 11.5. The van der Waals surface area contributed by atoms with Gasteiger partial charge in [-0.1, -0.05) is 55.0 Å². The van der Waals surface area contributed by atoms with Crippen molar-refractivity contribution in [3.8, 4) is 5.75 Å². The molecule has 0 aliphatic carbocycles. The number of piperidine rings is 1. The fourth-order valence-electron chi connectivity index (χ4n) is 4.18. The van der Waals surface area contributed by atoms with Gasteiger partial charge >= 0.3 is 0 Å². The van der Waals surface area contributed by atoms with Crippen LogP contribution in [0.25, 0.3) is 0 Å². The van der Waals surface area contributed by atoms with Crippen molar-refractivity contribution in [2.24, 2.45) is 0 Å². The molecule has 184 valence electrons. The zero-order valence-corrected chi connectivity index (χ0v) is 20.6. The highest BCUT2D eigenvalue weighted by Crippen LogP contribution is 2.23. The van der Waals surface area contributed by atoms with Gasteiger partial charge in [0.1, 0.15) is 11.8 Å². The fraction of sp³-hybridized carbons (Fsp3) is 0.296. The summed E-state index contributed by atoms with van der Waals surface area (Å²) in [5.74, 6) is 0.459. The number of ether oxygens (including phenoxy) is 1. The van der Waals surface area contributed by atoms with Gasteiger partial charge in [-0.25, -0.2) is 8.42 Å². The SMILES string of the molecule is COc1cccc(NC(=O)[C@H](NCc2ccc(S(=O)(=O)N3CCCCC3)cc2)c2ccccc2)c1. The van der Waals surface area contributed by atoms with Crippen molar-refractivity contribution >= 4 is 21.6 Å². The zero-order chi connectivity index (χ0) is 24.7. The van der Waals surface area contributed by atoms with Crippen molar-refractivity contribution < 1.29 is 17.9 Å². The summed E-state index contributed by atoms with van der Waals surface area (Å²) in [6.45, 7) is 1.55. The molecule has 8 heteroatoms. The Balaban J connectivity index is 1.46. The molecule has 0 saturated carbocycles. The molecule has 1 amide bonds. The van der Waals surface area contributed by atoms with Crippen molar-refractivity contribution in [2.75, 3.05) is 25.5 Å². The Morgan fingerprint density at radius 2 is 1.66 bits per heavy atom. The Morgan fingerprint density at radius 1 is 0.943 bits per heavy atom. The maximum absolute atomic E-state index is 13.2. The zero-order valence-electron chi connectivity index (χ0n) is 19.8. The molecule has 3 aromatic carbocycles. The molecule has 1 atom stereocenters. The average Bonchev–Trinajstić information content (AvgIpc) is 2.90. The Bertz CT molecular complexity index is 1220. The lowest BCUT2D eigenvalue weighted by atomic mass is 10.1. The highest BCUT2D eigenvalue weighted by molar-refractivity contribution is 7.89. The third kappa shape index (κ3) is 6.28. The van der Waals surface area contributed by atoms with Crippen LogP contribution in [-0.4, -0.2) is 38.8 Å². The standard InChI is InChI=1S/C27H31N3O4S/c1-34-24-12-8-11-23(19-24)29-27(31)26(22-9-4-2-5-10-22)28-20-21-13-15-25(16-14-21)35(32,33)30-17-6-3-7-18-30/h2,4-5,8-16,19,26,28H,3,6-7,17-18,20H2,1H3,(H,29,31)/t26-/m1/s1. The number of amides is 1. The Labute approximate surface area is 207 Å². The molecule has 0 spiro atoms. The van der Waals surface area contributed by atoms with Gasteiger partial charge in [0, 0.05) is 31.4 Å². The predicted octanol–water partition coefficient (Wildman–Crippen LogP) is 4.34. The number of hydrogen-bond donors (Lipinski definition) is 2. The summed E-state index contributed by atoms with van der Waals surface area (Å²) in [4.78, 5) is 13.5. The van der Waals surface area contributed by atoms with Crippen LogP contribution in [0.15, 0.2) is 83.8 Å². The summed E-state index contributed by atoms with van der Waals surface area (Å²) in [6.07, 6.45) is 2.88. The molecule has 3 aromatic rings. The third-order valence-corrected chi connectivity index (χ3v) is 8.03. The van der Waals surface area contributed by atoms with Crippen LogP contribution < -0.4 is 15.4 Å². The van der Waals surface area contributed by atoms with E-state index >= 15 is 0 Å². The van der Waals surface area contributed by atoms with Crippen LogP contribution >= 0.6 is 0 Å². The number of methoxy groups -OCH3 is 1. The summed E-state index contributed by atoms with van der Waals surface area (Å²) in [5.41, 5.74) is 2.36. The Kier molecular flexibility index (Phi) is 8.17. The highest BCUT2D eigenvalue weighted by atomic mass is 32.2. The maximum atomic E-state index is 13.2. The van der Waals surface area contributed by atoms with Crippen LogP contribution in [0, 0.1) is 0 Å². The number of carbonyl (C=O) groups excluding carboxylic acids is 1. The molecule has 1 aliphatic rings. The summed E-state index contributed by atoms with van der Waals surface area (Å²) < 4.78 is 32.6. The molecule has 35 heavy (non-hydrogen) atoms. The molecular weight excluding hydrogens is 462 g/mol. The summed E-state index contributed by atoms with van der Waals surface area (Å²) in [6, 6.07) is 23.0. The van der Waals surface area contributed by atoms with Crippen LogP contribution in [0.2, 0.25) is 0 Å². The monoisotopic (exact) mass is 493 g/mol. The maximum Gasteiger partial charge on any atom is 0.246 e. The van der Waals surface area contributed by atoms with Crippen LogP contribution in [0.3, 0.4) is 0 Å². The van der Waals surface area contributed by atoms with E-state index in [1.165, 1.54) is 0 Å². The van der Waals surface area contributed by atoms with Gasteiger partial charge in [0.15, 0.2) is 0 Å². The number of nitrogens with zero attached hydrogens (tertiary/aromatic N) is 1. The van der Waals surface area contributed by atoms with Crippen molar-refractivity contribution in [1.82, 2.24) is 9.62 Å². The van der Waals surface area contributed by atoms with Crippen LogP contribution in [0.4, 0.5) is 5.69 Å². The average molecular weight is 494 g/mol. The van der Waals surface area contributed by atoms with E-state index in [9.17, 15) is 13.2 Å². The van der Waals surface area contributed by atoms with E-state index in [2.05, 4.69) is 10.6 Å². The van der Waals surface area contributed by atoms with Gasteiger partial charge in [0.05, 0.1) is 12.0 Å². The van der Waals surface area contributed by atoms with Gasteiger partial charge in [-0.2, -0.15) is 4.31 Å². The fourth-order valence-corrected chi connectivity index (χ4v) is 5.69. The summed E-state index contributed by atoms with van der Waals surface area (Å²) in [5, 5.41) is 6.27. The molecule has 4 rings (SSSR count). The number of rotatable bonds is 9. The second-order valence-corrected chi connectivity index (χ2v) is 10.5. The normalized spacial score (nSPS) is 15.3. The largest absolute Gasteiger partial charge is 0.497 e. The van der Waals surface area contributed by atoms with Gasteiger partial charge in [-0.3, -0.25) is 10.1 Å². The number of nitrogens with one attached hydrogen (secondary N) is 2. The van der Waals surface area contributed by atoms with E-state index in [1.807, 2.05) is 48.5 Å². The summed E-state index contributed by atoms with van der Waals surface area (Å²) in [7, 11) is -1.89. The number of benzene rings is 3. The van der Waals surface area contributed by atoms with Gasteiger partial charge in [-0.05, 0) is 48.2 Å². The van der Waals surface area contributed by atoms with Gasteiger partial charge in [0.2, 0.25) is 15.9 Å². The van der Waals surface area contributed by atoms with E-state index < -0.39 is 16.1 Å². The van der Waals surface area contributed by atoms with Crippen molar-refractivity contribution in [3.63, 3.8) is 0 Å². The lowest BCUT2D eigenvalue weighted by molar-refractivity contribution is -0.118. The van der Waals surface area contributed by atoms with Crippen molar-refractivity contribution in [1.29, 1.82) is 0 Å². The molecule has 2 N–H and O–H groups in total. The molecular formula is C27H31N3O4S. The first-order valence-corrected chi connectivity index (χ1v) is 13.2. The first kappa shape index (κ1) is 24.9. The van der Waals surface area contributed by atoms with E-state index in [4.69, 9.17) is 4.74 Å². The first-order chi connectivity index (χ1) is 17.0. The molecule has 1 heterocycles.